The molecule has 5 nitrogen and oxygen atoms in total. The Morgan fingerprint density at radius 3 is 2.90 bits per heavy atom. The summed E-state index contributed by atoms with van der Waals surface area (Å²) in [5, 5.41) is 13.2. The highest BCUT2D eigenvalue weighted by molar-refractivity contribution is 7.22. The molecule has 3 aromatic heterocycles. The average molecular weight is 318 g/mol. The molecule has 0 spiro atoms. The first-order chi connectivity index (χ1) is 10.3. The van der Waals surface area contributed by atoms with E-state index in [-0.39, 0.29) is 11.8 Å². The third-order valence-corrected chi connectivity index (χ3v) is 4.53. The minimum atomic E-state index is -0.346. The first-order valence-corrected chi connectivity index (χ1v) is 7.69. The molecular formula is C13H7FN4OS2. The fourth-order valence-corrected chi connectivity index (χ4v) is 3.35. The van der Waals surface area contributed by atoms with Crippen molar-refractivity contribution in [2.24, 2.45) is 0 Å². The summed E-state index contributed by atoms with van der Waals surface area (Å²) in [5.41, 5.74) is 0.336. The smallest absolute Gasteiger partial charge is 0.322 e. The van der Waals surface area contributed by atoms with E-state index in [0.717, 1.165) is 9.58 Å². The third kappa shape index (κ3) is 2.28. The van der Waals surface area contributed by atoms with Gasteiger partial charge in [-0.2, -0.15) is 0 Å². The summed E-state index contributed by atoms with van der Waals surface area (Å²) in [4.78, 5) is 5.08. The lowest BCUT2D eigenvalue weighted by Gasteiger charge is -1.92. The zero-order valence-electron chi connectivity index (χ0n) is 10.4. The number of nitrogens with zero attached hydrogens (tertiary/aromatic N) is 3. The summed E-state index contributed by atoms with van der Waals surface area (Å²) >= 11 is 2.84. The lowest BCUT2D eigenvalue weighted by Crippen LogP contribution is -1.89. The Hall–Kier alpha value is -2.32. The molecule has 3 heterocycles. The van der Waals surface area contributed by atoms with Gasteiger partial charge in [0, 0.05) is 0 Å². The normalized spacial score (nSPS) is 11.1. The number of aromatic nitrogens is 3. The number of thiophene rings is 1. The van der Waals surface area contributed by atoms with Crippen LogP contribution in [0.5, 0.6) is 0 Å². The van der Waals surface area contributed by atoms with Crippen molar-refractivity contribution in [3.05, 3.63) is 41.5 Å². The van der Waals surface area contributed by atoms with Gasteiger partial charge in [0.1, 0.15) is 11.3 Å². The lowest BCUT2D eigenvalue weighted by molar-refractivity contribution is 0.589. The Bertz CT molecular complexity index is 900. The van der Waals surface area contributed by atoms with Crippen molar-refractivity contribution in [2.75, 3.05) is 5.32 Å². The molecule has 1 N–H and O–H groups in total. The summed E-state index contributed by atoms with van der Waals surface area (Å²) in [6.07, 6.45) is 0. The van der Waals surface area contributed by atoms with Crippen LogP contribution in [-0.4, -0.2) is 15.2 Å². The molecule has 0 aliphatic carbocycles. The van der Waals surface area contributed by atoms with Gasteiger partial charge in [-0.1, -0.05) is 28.6 Å². The number of benzene rings is 1. The molecule has 4 rings (SSSR count). The van der Waals surface area contributed by atoms with Gasteiger partial charge < -0.3 is 4.42 Å². The number of fused-ring (bicyclic) bond motifs is 1. The van der Waals surface area contributed by atoms with E-state index in [2.05, 4.69) is 20.5 Å². The largest absolute Gasteiger partial charge is 0.402 e. The Kier molecular flexibility index (Phi) is 2.90. The number of thiazole rings is 1. The monoisotopic (exact) mass is 318 g/mol. The van der Waals surface area contributed by atoms with Crippen LogP contribution in [0.15, 0.2) is 40.1 Å². The summed E-state index contributed by atoms with van der Waals surface area (Å²) in [5.74, 6) is 0.0985. The fraction of sp³-hybridized carbons (Fsp3) is 0. The van der Waals surface area contributed by atoms with E-state index in [9.17, 15) is 4.39 Å². The molecule has 0 unspecified atom stereocenters. The minimum Gasteiger partial charge on any atom is -0.402 e. The number of anilines is 2. The summed E-state index contributed by atoms with van der Waals surface area (Å²) in [7, 11) is 0. The van der Waals surface area contributed by atoms with Gasteiger partial charge in [0.05, 0.1) is 9.58 Å². The van der Waals surface area contributed by atoms with Gasteiger partial charge in [0.15, 0.2) is 5.13 Å². The minimum absolute atomic E-state index is 0.234. The molecule has 104 valence electrons. The Balaban J connectivity index is 1.64. The maximum Gasteiger partial charge on any atom is 0.322 e. The van der Waals surface area contributed by atoms with Crippen LogP contribution in [0.2, 0.25) is 0 Å². The second-order valence-electron chi connectivity index (χ2n) is 4.12. The molecule has 1 aromatic carbocycles. The molecule has 0 fully saturated rings. The van der Waals surface area contributed by atoms with Crippen LogP contribution in [0.4, 0.5) is 15.5 Å². The highest BCUT2D eigenvalue weighted by Gasteiger charge is 2.12. The van der Waals surface area contributed by atoms with E-state index in [1.165, 1.54) is 28.7 Å². The molecular weight excluding hydrogens is 311 g/mol. The number of halogens is 1. The molecule has 8 heteroatoms. The van der Waals surface area contributed by atoms with E-state index >= 15 is 0 Å². The highest BCUT2D eigenvalue weighted by atomic mass is 32.1. The van der Waals surface area contributed by atoms with Crippen LogP contribution in [-0.2, 0) is 0 Å². The van der Waals surface area contributed by atoms with E-state index in [1.54, 1.807) is 6.07 Å². The highest BCUT2D eigenvalue weighted by Crippen LogP contribution is 2.30. The van der Waals surface area contributed by atoms with Gasteiger partial charge in [-0.05, 0) is 23.6 Å². The molecule has 21 heavy (non-hydrogen) atoms. The zero-order valence-corrected chi connectivity index (χ0v) is 12.0. The molecule has 0 aliphatic rings. The SMILES string of the molecule is Fc1cccc2sc(Nc3nnc(-c4cccs4)o3)nc12. The van der Waals surface area contributed by atoms with Crippen molar-refractivity contribution in [1.82, 2.24) is 15.2 Å². The van der Waals surface area contributed by atoms with Crippen molar-refractivity contribution in [1.29, 1.82) is 0 Å². The Morgan fingerprint density at radius 2 is 2.10 bits per heavy atom. The first kappa shape index (κ1) is 12.4. The third-order valence-electron chi connectivity index (χ3n) is 2.74. The fourth-order valence-electron chi connectivity index (χ4n) is 1.83. The van der Waals surface area contributed by atoms with E-state index in [4.69, 9.17) is 4.42 Å². The van der Waals surface area contributed by atoms with Gasteiger partial charge in [0.25, 0.3) is 5.89 Å². The maximum absolute atomic E-state index is 13.6. The number of nitrogens with one attached hydrogen (secondary N) is 1. The molecule has 4 aromatic rings. The van der Waals surface area contributed by atoms with Crippen molar-refractivity contribution < 1.29 is 8.81 Å². The number of para-hydroxylation sites is 1. The van der Waals surface area contributed by atoms with Gasteiger partial charge in [-0.25, -0.2) is 9.37 Å². The molecule has 0 amide bonds. The standard InChI is InChI=1S/C13H7FN4OS2/c14-7-3-1-4-8-10(7)15-13(21-8)16-12-18-17-11(19-12)9-5-2-6-20-9/h1-6H,(H,15,16,18). The molecule has 0 radical (unpaired) electrons. The van der Waals surface area contributed by atoms with Gasteiger partial charge in [0.2, 0.25) is 0 Å². The number of hydrogen-bond acceptors (Lipinski definition) is 7. The average Bonchev–Trinajstić information content (AvgIpc) is 3.18. The van der Waals surface area contributed by atoms with Crippen molar-refractivity contribution >= 4 is 44.0 Å². The summed E-state index contributed by atoms with van der Waals surface area (Å²) in [6, 6.07) is 8.89. The van der Waals surface area contributed by atoms with Crippen molar-refractivity contribution in [2.45, 2.75) is 0 Å². The second kappa shape index (κ2) is 4.90. The van der Waals surface area contributed by atoms with E-state index < -0.39 is 0 Å². The van der Waals surface area contributed by atoms with Crippen molar-refractivity contribution in [3.8, 4) is 10.8 Å². The molecule has 0 bridgehead atoms. The second-order valence-corrected chi connectivity index (χ2v) is 6.10. The summed E-state index contributed by atoms with van der Waals surface area (Å²) in [6.45, 7) is 0. The van der Waals surface area contributed by atoms with Crippen LogP contribution in [0.25, 0.3) is 21.0 Å². The Morgan fingerprint density at radius 1 is 1.14 bits per heavy atom. The van der Waals surface area contributed by atoms with Crippen LogP contribution >= 0.6 is 22.7 Å². The number of hydrogen-bond donors (Lipinski definition) is 1. The molecule has 0 saturated heterocycles. The zero-order chi connectivity index (χ0) is 14.2. The van der Waals surface area contributed by atoms with Crippen LogP contribution in [0, 0.1) is 5.82 Å². The number of rotatable bonds is 3. The predicted octanol–water partition coefficient (Wildman–Crippen LogP) is 4.29. The van der Waals surface area contributed by atoms with E-state index in [1.807, 2.05) is 23.6 Å². The van der Waals surface area contributed by atoms with E-state index in [0.29, 0.717) is 16.5 Å². The quantitative estimate of drug-likeness (QED) is 0.610. The predicted molar refractivity (Wildman–Crippen MR) is 80.5 cm³/mol. The van der Waals surface area contributed by atoms with Gasteiger partial charge >= 0.3 is 6.01 Å². The lowest BCUT2D eigenvalue weighted by atomic mass is 10.3. The molecule has 0 aliphatic heterocycles. The van der Waals surface area contributed by atoms with Crippen LogP contribution in [0.3, 0.4) is 0 Å². The van der Waals surface area contributed by atoms with Crippen LogP contribution < -0.4 is 5.32 Å². The maximum atomic E-state index is 13.6. The summed E-state index contributed by atoms with van der Waals surface area (Å²) < 4.78 is 19.9. The van der Waals surface area contributed by atoms with Gasteiger partial charge in [-0.3, -0.25) is 5.32 Å². The first-order valence-electron chi connectivity index (χ1n) is 5.99. The van der Waals surface area contributed by atoms with Crippen LogP contribution in [0.1, 0.15) is 0 Å². The molecule has 0 atom stereocenters. The topological polar surface area (TPSA) is 63.8 Å². The molecule has 0 saturated carbocycles. The Labute approximate surface area is 126 Å². The van der Waals surface area contributed by atoms with Gasteiger partial charge in [-0.15, -0.1) is 16.4 Å². The van der Waals surface area contributed by atoms with Crippen molar-refractivity contribution in [3.63, 3.8) is 0 Å².